The lowest BCUT2D eigenvalue weighted by atomic mass is 10.2. The van der Waals surface area contributed by atoms with Crippen LogP contribution < -0.4 is 5.32 Å². The summed E-state index contributed by atoms with van der Waals surface area (Å²) in [4.78, 5) is 12.1. The number of nitrogens with one attached hydrogen (secondary N) is 1. The zero-order valence-corrected chi connectivity index (χ0v) is 14.4. The lowest BCUT2D eigenvalue weighted by Gasteiger charge is -2.09. The van der Waals surface area contributed by atoms with E-state index in [-0.39, 0.29) is 16.0 Å². The van der Waals surface area contributed by atoms with E-state index in [2.05, 4.69) is 37.2 Å². The molecule has 7 heteroatoms. The van der Waals surface area contributed by atoms with Gasteiger partial charge in [0.1, 0.15) is 0 Å². The van der Waals surface area contributed by atoms with Crippen LogP contribution in [-0.4, -0.2) is 5.91 Å². The quantitative estimate of drug-likeness (QED) is 0.577. The molecule has 0 radical (unpaired) electrons. The van der Waals surface area contributed by atoms with Gasteiger partial charge in [0, 0.05) is 14.6 Å². The average Bonchev–Trinajstić information content (AvgIpc) is 2.35. The van der Waals surface area contributed by atoms with Crippen LogP contribution in [0.5, 0.6) is 0 Å². The van der Waals surface area contributed by atoms with Gasteiger partial charge in [0.15, 0.2) is 5.82 Å². The molecule has 0 aliphatic carbocycles. The van der Waals surface area contributed by atoms with Crippen molar-refractivity contribution >= 4 is 66.7 Å². The molecule has 0 aliphatic heterocycles. The van der Waals surface area contributed by atoms with Crippen molar-refractivity contribution in [3.05, 3.63) is 60.7 Å². The summed E-state index contributed by atoms with van der Waals surface area (Å²) in [7, 11) is 0. The summed E-state index contributed by atoms with van der Waals surface area (Å²) in [6.45, 7) is 0. The molecule has 0 spiro atoms. The maximum Gasteiger partial charge on any atom is 0.256 e. The van der Waals surface area contributed by atoms with Crippen LogP contribution in [0.4, 0.5) is 10.1 Å². The van der Waals surface area contributed by atoms with Gasteiger partial charge in [-0.05, 0) is 46.3 Å². The normalized spacial score (nSPS) is 10.4. The van der Waals surface area contributed by atoms with Gasteiger partial charge in [-0.2, -0.15) is 0 Å². The molecule has 2 aromatic carbocycles. The molecular formula is C13H6Br2Cl2FNO. The fraction of sp³-hybridized carbons (Fsp3) is 0. The third kappa shape index (κ3) is 3.52. The second-order valence-electron chi connectivity index (χ2n) is 3.83. The van der Waals surface area contributed by atoms with Gasteiger partial charge < -0.3 is 5.32 Å². The molecule has 0 aliphatic rings. The van der Waals surface area contributed by atoms with Crippen molar-refractivity contribution in [2.24, 2.45) is 0 Å². The van der Waals surface area contributed by atoms with Gasteiger partial charge in [-0.1, -0.05) is 39.1 Å². The van der Waals surface area contributed by atoms with E-state index in [1.165, 1.54) is 12.1 Å². The molecule has 0 unspecified atom stereocenters. The van der Waals surface area contributed by atoms with Crippen LogP contribution >= 0.6 is 55.1 Å². The molecule has 0 heterocycles. The Bertz CT molecular complexity index is 671. The second kappa shape index (κ2) is 6.43. The second-order valence-corrected chi connectivity index (χ2v) is 6.42. The van der Waals surface area contributed by atoms with Crippen molar-refractivity contribution in [2.75, 3.05) is 5.32 Å². The number of hydrogen-bond acceptors (Lipinski definition) is 1. The summed E-state index contributed by atoms with van der Waals surface area (Å²) in [5.74, 6) is -1.07. The highest BCUT2D eigenvalue weighted by molar-refractivity contribution is 9.11. The van der Waals surface area contributed by atoms with E-state index in [0.717, 1.165) is 4.47 Å². The maximum absolute atomic E-state index is 13.3. The van der Waals surface area contributed by atoms with E-state index in [1.807, 2.05) is 0 Å². The summed E-state index contributed by atoms with van der Waals surface area (Å²) in [5.41, 5.74) is 0.756. The molecule has 1 N–H and O–H groups in total. The van der Waals surface area contributed by atoms with Crippen LogP contribution in [-0.2, 0) is 0 Å². The number of benzene rings is 2. The maximum atomic E-state index is 13.3. The fourth-order valence-electron chi connectivity index (χ4n) is 1.50. The first-order valence-electron chi connectivity index (χ1n) is 5.29. The van der Waals surface area contributed by atoms with Gasteiger partial charge in [-0.25, -0.2) is 4.39 Å². The van der Waals surface area contributed by atoms with Gasteiger partial charge >= 0.3 is 0 Å². The van der Waals surface area contributed by atoms with E-state index in [4.69, 9.17) is 23.2 Å². The summed E-state index contributed by atoms with van der Waals surface area (Å²) in [6, 6.07) is 7.74. The molecule has 0 saturated heterocycles. The monoisotopic (exact) mass is 439 g/mol. The number of anilines is 1. The molecule has 20 heavy (non-hydrogen) atoms. The van der Waals surface area contributed by atoms with Crippen LogP contribution in [0.1, 0.15) is 10.4 Å². The third-order valence-electron chi connectivity index (χ3n) is 2.42. The first kappa shape index (κ1) is 15.8. The van der Waals surface area contributed by atoms with Crippen molar-refractivity contribution < 1.29 is 9.18 Å². The highest BCUT2D eigenvalue weighted by Gasteiger charge is 2.13. The van der Waals surface area contributed by atoms with Crippen LogP contribution in [0, 0.1) is 5.82 Å². The van der Waals surface area contributed by atoms with Gasteiger partial charge in [0.25, 0.3) is 5.91 Å². The summed E-state index contributed by atoms with van der Waals surface area (Å²) in [5, 5.41) is 2.31. The summed E-state index contributed by atoms with van der Waals surface area (Å²) in [6.07, 6.45) is 0. The minimum Gasteiger partial charge on any atom is -0.322 e. The molecule has 2 aromatic rings. The van der Waals surface area contributed by atoms with E-state index >= 15 is 0 Å². The largest absolute Gasteiger partial charge is 0.322 e. The number of amides is 1. The molecule has 1 amide bonds. The summed E-state index contributed by atoms with van der Waals surface area (Å²) < 4.78 is 14.8. The Hall–Kier alpha value is -0.620. The Morgan fingerprint density at radius 2 is 1.70 bits per heavy atom. The highest BCUT2D eigenvalue weighted by Crippen LogP contribution is 2.28. The number of carbonyl (C=O) groups excluding carboxylic acids is 1. The summed E-state index contributed by atoms with van der Waals surface area (Å²) >= 11 is 17.9. The number of carbonyl (C=O) groups is 1. The minimum absolute atomic E-state index is 0.150. The van der Waals surface area contributed by atoms with Gasteiger partial charge in [-0.15, -0.1) is 0 Å². The Balaban J connectivity index is 2.28. The first-order chi connectivity index (χ1) is 9.38. The molecule has 0 aromatic heterocycles. The molecule has 104 valence electrons. The first-order valence-corrected chi connectivity index (χ1v) is 7.63. The standard InChI is InChI=1S/C13H6Br2Cl2FNO/c14-6-1-2-8(9(15)3-6)13(20)19-7-4-10(16)12(18)11(17)5-7/h1-5H,(H,19,20). The van der Waals surface area contributed by atoms with E-state index < -0.39 is 5.82 Å². The third-order valence-corrected chi connectivity index (χ3v) is 4.12. The SMILES string of the molecule is O=C(Nc1cc(Cl)c(F)c(Cl)c1)c1ccc(Br)cc1Br. The zero-order valence-electron chi connectivity index (χ0n) is 9.68. The highest BCUT2D eigenvalue weighted by atomic mass is 79.9. The van der Waals surface area contributed by atoms with Crippen LogP contribution in [0.25, 0.3) is 0 Å². The van der Waals surface area contributed by atoms with Crippen molar-refractivity contribution in [2.45, 2.75) is 0 Å². The van der Waals surface area contributed by atoms with Crippen molar-refractivity contribution in [3.8, 4) is 0 Å². The Labute approximate surface area is 141 Å². The fourth-order valence-corrected chi connectivity index (χ4v) is 3.21. The van der Waals surface area contributed by atoms with Crippen molar-refractivity contribution in [3.63, 3.8) is 0 Å². The average molecular weight is 442 g/mol. The smallest absolute Gasteiger partial charge is 0.256 e. The van der Waals surface area contributed by atoms with Crippen LogP contribution in [0.15, 0.2) is 39.3 Å². The molecule has 2 nitrogen and oxygen atoms in total. The predicted octanol–water partition coefficient (Wildman–Crippen LogP) is 5.91. The number of halogens is 5. The minimum atomic E-state index is -0.712. The van der Waals surface area contributed by atoms with E-state index in [9.17, 15) is 9.18 Å². The number of rotatable bonds is 2. The molecule has 0 bridgehead atoms. The van der Waals surface area contributed by atoms with E-state index in [1.54, 1.807) is 18.2 Å². The van der Waals surface area contributed by atoms with E-state index in [0.29, 0.717) is 15.7 Å². The lowest BCUT2D eigenvalue weighted by molar-refractivity contribution is 0.102. The zero-order chi connectivity index (χ0) is 14.9. The number of hydrogen-bond donors (Lipinski definition) is 1. The van der Waals surface area contributed by atoms with Crippen LogP contribution in [0.2, 0.25) is 10.0 Å². The Morgan fingerprint density at radius 1 is 1.10 bits per heavy atom. The van der Waals surface area contributed by atoms with Gasteiger partial charge in [-0.3, -0.25) is 4.79 Å². The predicted molar refractivity (Wildman–Crippen MR) is 86.2 cm³/mol. The van der Waals surface area contributed by atoms with Gasteiger partial charge in [0.2, 0.25) is 0 Å². The van der Waals surface area contributed by atoms with Crippen molar-refractivity contribution in [1.29, 1.82) is 0 Å². The molecule has 0 atom stereocenters. The van der Waals surface area contributed by atoms with Gasteiger partial charge in [0.05, 0.1) is 15.6 Å². The lowest BCUT2D eigenvalue weighted by Crippen LogP contribution is -2.12. The topological polar surface area (TPSA) is 29.1 Å². The van der Waals surface area contributed by atoms with Crippen molar-refractivity contribution in [1.82, 2.24) is 0 Å². The van der Waals surface area contributed by atoms with Crippen LogP contribution in [0.3, 0.4) is 0 Å². The molecule has 0 saturated carbocycles. The Kier molecular flexibility index (Phi) is 5.07. The molecule has 0 fully saturated rings. The molecule has 2 rings (SSSR count). The molecular weight excluding hydrogens is 436 g/mol. The Morgan fingerprint density at radius 3 is 2.25 bits per heavy atom.